The van der Waals surface area contributed by atoms with E-state index in [1.807, 2.05) is 6.08 Å². The van der Waals surface area contributed by atoms with E-state index < -0.39 is 0 Å². The molecule has 0 N–H and O–H groups in total. The van der Waals surface area contributed by atoms with Gasteiger partial charge in [0.1, 0.15) is 0 Å². The summed E-state index contributed by atoms with van der Waals surface area (Å²) in [5.74, 6) is 0. The molecule has 0 radical (unpaired) electrons. The summed E-state index contributed by atoms with van der Waals surface area (Å²) in [7, 11) is 0. The van der Waals surface area contributed by atoms with Gasteiger partial charge in [-0.25, -0.2) is 0 Å². The normalized spacial score (nSPS) is 11.4. The zero-order valence-electron chi connectivity index (χ0n) is 17.1. The highest BCUT2D eigenvalue weighted by Gasteiger charge is 2.13. The minimum Gasteiger partial charge on any atom is -0.309 e. The molecular formula is C30H21N. The van der Waals surface area contributed by atoms with Crippen molar-refractivity contribution < 1.29 is 0 Å². The van der Waals surface area contributed by atoms with Crippen LogP contribution in [0.15, 0.2) is 116 Å². The van der Waals surface area contributed by atoms with Crippen molar-refractivity contribution >= 4 is 38.7 Å². The summed E-state index contributed by atoms with van der Waals surface area (Å²) in [5.41, 5.74) is 7.22. The third-order valence-electron chi connectivity index (χ3n) is 6.14. The lowest BCUT2D eigenvalue weighted by Gasteiger charge is -2.10. The van der Waals surface area contributed by atoms with Gasteiger partial charge in [0.25, 0.3) is 0 Å². The molecule has 0 unspecified atom stereocenters. The lowest BCUT2D eigenvalue weighted by molar-refractivity contribution is 1.19. The molecular weight excluding hydrogens is 374 g/mol. The molecule has 0 aliphatic heterocycles. The first-order valence-electron chi connectivity index (χ1n) is 10.6. The van der Waals surface area contributed by atoms with E-state index in [0.717, 1.165) is 5.56 Å². The first kappa shape index (κ1) is 17.7. The van der Waals surface area contributed by atoms with Crippen LogP contribution in [-0.4, -0.2) is 4.57 Å². The lowest BCUT2D eigenvalue weighted by atomic mass is 10.0. The molecule has 0 amide bonds. The summed E-state index contributed by atoms with van der Waals surface area (Å²) in [4.78, 5) is 0. The quantitative estimate of drug-likeness (QED) is 0.284. The van der Waals surface area contributed by atoms with E-state index in [2.05, 4.69) is 120 Å². The Balaban J connectivity index is 1.61. The summed E-state index contributed by atoms with van der Waals surface area (Å²) in [6.45, 7) is 3.86. The monoisotopic (exact) mass is 395 g/mol. The van der Waals surface area contributed by atoms with Crippen molar-refractivity contribution in [1.82, 2.24) is 4.57 Å². The second kappa shape index (κ2) is 7.00. The number of nitrogens with zero attached hydrogens (tertiary/aromatic N) is 1. The first-order valence-corrected chi connectivity index (χ1v) is 10.6. The molecule has 0 aliphatic carbocycles. The molecule has 0 saturated heterocycles. The van der Waals surface area contributed by atoms with Crippen LogP contribution < -0.4 is 0 Å². The highest BCUT2D eigenvalue weighted by atomic mass is 15.0. The highest BCUT2D eigenvalue weighted by Crippen LogP contribution is 2.35. The number of rotatable bonds is 3. The fourth-order valence-electron chi connectivity index (χ4n) is 4.56. The van der Waals surface area contributed by atoms with Gasteiger partial charge in [0.15, 0.2) is 0 Å². The van der Waals surface area contributed by atoms with Crippen molar-refractivity contribution in [3.63, 3.8) is 0 Å². The second-order valence-corrected chi connectivity index (χ2v) is 7.94. The molecule has 146 valence electrons. The van der Waals surface area contributed by atoms with Crippen LogP contribution in [0.2, 0.25) is 0 Å². The fraction of sp³-hybridized carbons (Fsp3) is 0. The summed E-state index contributed by atoms with van der Waals surface area (Å²) < 4.78 is 2.38. The van der Waals surface area contributed by atoms with E-state index in [0.29, 0.717) is 0 Å². The molecule has 6 rings (SSSR count). The van der Waals surface area contributed by atoms with Gasteiger partial charge in [0, 0.05) is 16.5 Å². The summed E-state index contributed by atoms with van der Waals surface area (Å²) in [6, 6.07) is 39.3. The van der Waals surface area contributed by atoms with Gasteiger partial charge in [-0.1, -0.05) is 91.5 Å². The predicted molar refractivity (Wildman–Crippen MR) is 134 cm³/mol. The van der Waals surface area contributed by atoms with E-state index in [1.54, 1.807) is 0 Å². The standard InChI is InChI=1S/C30H21N/c1-2-21-11-13-23(14-12-21)25-16-18-30-28(20-25)27-9-5-6-10-29(27)31(30)26-17-15-22-7-3-4-8-24(22)19-26/h2-20H,1H2. The Labute approximate surface area is 181 Å². The third kappa shape index (κ3) is 2.86. The van der Waals surface area contributed by atoms with Crippen LogP contribution in [-0.2, 0) is 0 Å². The smallest absolute Gasteiger partial charge is 0.0541 e. The van der Waals surface area contributed by atoms with E-state index in [4.69, 9.17) is 0 Å². The molecule has 0 saturated carbocycles. The maximum absolute atomic E-state index is 3.86. The van der Waals surface area contributed by atoms with Crippen molar-refractivity contribution in [1.29, 1.82) is 0 Å². The Kier molecular flexibility index (Phi) is 4.00. The van der Waals surface area contributed by atoms with E-state index in [9.17, 15) is 0 Å². The molecule has 31 heavy (non-hydrogen) atoms. The van der Waals surface area contributed by atoms with Crippen LogP contribution in [0.1, 0.15) is 5.56 Å². The summed E-state index contributed by atoms with van der Waals surface area (Å²) in [5, 5.41) is 5.06. The van der Waals surface area contributed by atoms with Crippen LogP contribution >= 0.6 is 0 Å². The second-order valence-electron chi connectivity index (χ2n) is 7.94. The maximum Gasteiger partial charge on any atom is 0.0541 e. The largest absolute Gasteiger partial charge is 0.309 e. The zero-order valence-corrected chi connectivity index (χ0v) is 17.1. The average molecular weight is 396 g/mol. The molecule has 1 heterocycles. The molecule has 0 spiro atoms. The average Bonchev–Trinajstić information content (AvgIpc) is 3.17. The molecule has 5 aromatic carbocycles. The number of aromatic nitrogens is 1. The Morgan fingerprint density at radius 2 is 1.26 bits per heavy atom. The number of para-hydroxylation sites is 1. The van der Waals surface area contributed by atoms with Gasteiger partial charge in [-0.2, -0.15) is 0 Å². The van der Waals surface area contributed by atoms with E-state index >= 15 is 0 Å². The van der Waals surface area contributed by atoms with Crippen molar-refractivity contribution in [2.45, 2.75) is 0 Å². The molecule has 0 atom stereocenters. The Bertz CT molecular complexity index is 1580. The van der Waals surface area contributed by atoms with E-state index in [-0.39, 0.29) is 0 Å². The summed E-state index contributed by atoms with van der Waals surface area (Å²) in [6.07, 6.45) is 1.88. The molecule has 0 fully saturated rings. The van der Waals surface area contributed by atoms with Gasteiger partial charge in [-0.05, 0) is 57.8 Å². The van der Waals surface area contributed by atoms with Crippen LogP contribution in [0, 0.1) is 0 Å². The van der Waals surface area contributed by atoms with Crippen LogP contribution in [0.3, 0.4) is 0 Å². The molecule has 0 bridgehead atoms. The van der Waals surface area contributed by atoms with Crippen LogP contribution in [0.5, 0.6) is 0 Å². The number of fused-ring (bicyclic) bond motifs is 4. The van der Waals surface area contributed by atoms with Crippen molar-refractivity contribution in [2.75, 3.05) is 0 Å². The molecule has 1 aromatic heterocycles. The Hall–Kier alpha value is -4.10. The van der Waals surface area contributed by atoms with Gasteiger partial charge in [-0.15, -0.1) is 0 Å². The Morgan fingerprint density at radius 1 is 0.548 bits per heavy atom. The Morgan fingerprint density at radius 3 is 2.10 bits per heavy atom. The topological polar surface area (TPSA) is 4.93 Å². The molecule has 0 aliphatic rings. The van der Waals surface area contributed by atoms with Gasteiger partial charge in [0.05, 0.1) is 11.0 Å². The molecule has 1 nitrogen and oxygen atoms in total. The predicted octanol–water partition coefficient (Wildman–Crippen LogP) is 8.25. The minimum absolute atomic E-state index is 1.14. The van der Waals surface area contributed by atoms with Gasteiger partial charge < -0.3 is 4.57 Å². The van der Waals surface area contributed by atoms with Crippen molar-refractivity contribution in [3.05, 3.63) is 121 Å². The van der Waals surface area contributed by atoms with Crippen LogP contribution in [0.25, 0.3) is 55.5 Å². The summed E-state index contributed by atoms with van der Waals surface area (Å²) >= 11 is 0. The van der Waals surface area contributed by atoms with E-state index in [1.165, 1.54) is 49.4 Å². The number of benzene rings is 5. The van der Waals surface area contributed by atoms with Crippen molar-refractivity contribution in [3.8, 4) is 16.8 Å². The van der Waals surface area contributed by atoms with Gasteiger partial charge in [0.2, 0.25) is 0 Å². The minimum atomic E-state index is 1.14. The SMILES string of the molecule is C=Cc1ccc(-c2ccc3c(c2)c2ccccc2n3-c2ccc3ccccc3c2)cc1. The van der Waals surface area contributed by atoms with Gasteiger partial charge >= 0.3 is 0 Å². The number of hydrogen-bond acceptors (Lipinski definition) is 0. The molecule has 1 heteroatoms. The van der Waals surface area contributed by atoms with Crippen molar-refractivity contribution in [2.24, 2.45) is 0 Å². The zero-order chi connectivity index (χ0) is 20.8. The maximum atomic E-state index is 3.86. The highest BCUT2D eigenvalue weighted by molar-refractivity contribution is 6.10. The first-order chi connectivity index (χ1) is 15.3. The third-order valence-corrected chi connectivity index (χ3v) is 6.14. The number of hydrogen-bond donors (Lipinski definition) is 0. The fourth-order valence-corrected chi connectivity index (χ4v) is 4.56. The van der Waals surface area contributed by atoms with Gasteiger partial charge in [-0.3, -0.25) is 0 Å². The molecule has 6 aromatic rings. The lowest BCUT2D eigenvalue weighted by Crippen LogP contribution is -1.93. The van der Waals surface area contributed by atoms with Crippen LogP contribution in [0.4, 0.5) is 0 Å².